The molecule has 4 N–H and O–H groups in total. The van der Waals surface area contributed by atoms with Gasteiger partial charge >= 0.3 is 5.97 Å². The van der Waals surface area contributed by atoms with Gasteiger partial charge in [-0.05, 0) is 31.6 Å². The average molecular weight is 354 g/mol. The van der Waals surface area contributed by atoms with E-state index in [9.17, 15) is 20.1 Å². The minimum Gasteiger partial charge on any atom is -0.481 e. The quantitative estimate of drug-likeness (QED) is 0.319. The third kappa shape index (κ3) is 8.66. The number of rotatable bonds is 12. The summed E-state index contributed by atoms with van der Waals surface area (Å²) in [5.74, 6) is -1.00. The standard InChI is InChI=1S/C20H34O5/c1-2-3-6-9-15(21)12-13-17-16(18(22)14-19(17)23)10-7-4-5-8-11-20(24)25/h4,7,12-13,15-19,21-23H,2-3,5-6,8-11,14H2,1H3,(H,24,25)/b7-4-,13-12+/t15-,16+,17-,18-,19+/m1/s1. The SMILES string of the molecule is CCCCC[C@@H](O)/C=C/[C@@H]1[C@H](C/C=C\CCCC(=O)O)[C@H](O)C[C@@H]1O. The Balaban J connectivity index is 2.46. The van der Waals surface area contributed by atoms with E-state index in [-0.39, 0.29) is 18.3 Å². The minimum atomic E-state index is -0.787. The molecule has 0 aromatic rings. The molecule has 0 bridgehead atoms. The molecule has 0 spiro atoms. The van der Waals surface area contributed by atoms with Crippen molar-refractivity contribution in [1.82, 2.24) is 0 Å². The topological polar surface area (TPSA) is 98.0 Å². The van der Waals surface area contributed by atoms with E-state index in [4.69, 9.17) is 5.11 Å². The van der Waals surface area contributed by atoms with Crippen molar-refractivity contribution in [2.75, 3.05) is 0 Å². The molecule has 1 fully saturated rings. The highest BCUT2D eigenvalue weighted by Crippen LogP contribution is 2.36. The smallest absolute Gasteiger partial charge is 0.303 e. The fourth-order valence-corrected chi connectivity index (χ4v) is 3.41. The molecular weight excluding hydrogens is 320 g/mol. The van der Waals surface area contributed by atoms with Gasteiger partial charge in [-0.3, -0.25) is 4.79 Å². The zero-order chi connectivity index (χ0) is 18.7. The number of aliphatic carboxylic acids is 1. The van der Waals surface area contributed by atoms with E-state index < -0.39 is 24.3 Å². The Morgan fingerprint density at radius 3 is 2.60 bits per heavy atom. The van der Waals surface area contributed by atoms with Gasteiger partial charge in [0.25, 0.3) is 0 Å². The van der Waals surface area contributed by atoms with Crippen molar-refractivity contribution in [3.05, 3.63) is 24.3 Å². The van der Waals surface area contributed by atoms with Gasteiger partial charge in [0.05, 0.1) is 18.3 Å². The number of carboxylic acid groups (broad SMARTS) is 1. The minimum absolute atomic E-state index is 0.0650. The van der Waals surface area contributed by atoms with Gasteiger partial charge in [0.1, 0.15) is 0 Å². The summed E-state index contributed by atoms with van der Waals surface area (Å²) in [6.45, 7) is 2.12. The van der Waals surface area contributed by atoms with Crippen LogP contribution < -0.4 is 0 Å². The highest BCUT2D eigenvalue weighted by atomic mass is 16.4. The van der Waals surface area contributed by atoms with Crippen molar-refractivity contribution in [1.29, 1.82) is 0 Å². The summed E-state index contributed by atoms with van der Waals surface area (Å²) in [5.41, 5.74) is 0. The third-order valence-electron chi connectivity index (χ3n) is 4.91. The van der Waals surface area contributed by atoms with Gasteiger partial charge in [-0.15, -0.1) is 0 Å². The lowest BCUT2D eigenvalue weighted by molar-refractivity contribution is -0.137. The number of unbranched alkanes of at least 4 members (excludes halogenated alkanes) is 3. The predicted octanol–water partition coefficient (Wildman–Crippen LogP) is 3.04. The molecule has 1 rings (SSSR count). The Hall–Kier alpha value is -1.17. The first kappa shape index (κ1) is 21.9. The number of aliphatic hydroxyl groups excluding tert-OH is 3. The van der Waals surface area contributed by atoms with Crippen LogP contribution in [-0.2, 0) is 4.79 Å². The Kier molecular flexibility index (Phi) is 10.7. The maximum absolute atomic E-state index is 10.5. The van der Waals surface area contributed by atoms with Crippen LogP contribution in [0.25, 0.3) is 0 Å². The second kappa shape index (κ2) is 12.2. The number of hydrogen-bond acceptors (Lipinski definition) is 4. The van der Waals surface area contributed by atoms with Crippen LogP contribution in [0.3, 0.4) is 0 Å². The highest BCUT2D eigenvalue weighted by Gasteiger charge is 2.39. The van der Waals surface area contributed by atoms with E-state index in [0.717, 1.165) is 25.7 Å². The highest BCUT2D eigenvalue weighted by molar-refractivity contribution is 5.66. The van der Waals surface area contributed by atoms with Crippen molar-refractivity contribution < 1.29 is 25.2 Å². The Morgan fingerprint density at radius 1 is 1.16 bits per heavy atom. The lowest BCUT2D eigenvalue weighted by Gasteiger charge is -2.19. The summed E-state index contributed by atoms with van der Waals surface area (Å²) in [7, 11) is 0. The van der Waals surface area contributed by atoms with Gasteiger partial charge in [0.2, 0.25) is 0 Å². The van der Waals surface area contributed by atoms with Crippen LogP contribution in [0.2, 0.25) is 0 Å². The van der Waals surface area contributed by atoms with Gasteiger partial charge in [-0.2, -0.15) is 0 Å². The molecule has 5 atom stereocenters. The van der Waals surface area contributed by atoms with Gasteiger partial charge in [-0.1, -0.05) is 50.5 Å². The number of aliphatic hydroxyl groups is 3. The average Bonchev–Trinajstić information content (AvgIpc) is 2.82. The normalized spacial score (nSPS) is 28.2. The monoisotopic (exact) mass is 354 g/mol. The van der Waals surface area contributed by atoms with Gasteiger partial charge in [-0.25, -0.2) is 0 Å². The first-order chi connectivity index (χ1) is 12.0. The van der Waals surface area contributed by atoms with Gasteiger partial charge < -0.3 is 20.4 Å². The molecule has 1 aliphatic carbocycles. The molecule has 0 saturated heterocycles. The molecule has 25 heavy (non-hydrogen) atoms. The first-order valence-electron chi connectivity index (χ1n) is 9.55. The van der Waals surface area contributed by atoms with E-state index in [1.807, 2.05) is 18.2 Å². The molecule has 0 radical (unpaired) electrons. The van der Waals surface area contributed by atoms with E-state index in [0.29, 0.717) is 25.7 Å². The Bertz CT molecular complexity index is 432. The summed E-state index contributed by atoms with van der Waals surface area (Å²) < 4.78 is 0. The number of hydrogen-bond donors (Lipinski definition) is 4. The Morgan fingerprint density at radius 2 is 1.92 bits per heavy atom. The van der Waals surface area contributed by atoms with Gasteiger partial charge in [0, 0.05) is 18.8 Å². The number of allylic oxidation sites excluding steroid dienone is 2. The van der Waals surface area contributed by atoms with Crippen molar-refractivity contribution in [3.63, 3.8) is 0 Å². The van der Waals surface area contributed by atoms with Crippen LogP contribution in [0.5, 0.6) is 0 Å². The van der Waals surface area contributed by atoms with Crippen LogP contribution in [-0.4, -0.2) is 44.7 Å². The molecule has 0 aromatic carbocycles. The second-order valence-corrected chi connectivity index (χ2v) is 7.05. The van der Waals surface area contributed by atoms with Crippen LogP contribution in [0.1, 0.15) is 64.7 Å². The van der Waals surface area contributed by atoms with Crippen molar-refractivity contribution >= 4 is 5.97 Å². The number of carboxylic acids is 1. The van der Waals surface area contributed by atoms with E-state index in [1.165, 1.54) is 0 Å². The maximum atomic E-state index is 10.5. The molecular formula is C20H34O5. The Labute approximate surface area is 151 Å². The van der Waals surface area contributed by atoms with Crippen LogP contribution >= 0.6 is 0 Å². The second-order valence-electron chi connectivity index (χ2n) is 7.05. The molecule has 0 amide bonds. The predicted molar refractivity (Wildman–Crippen MR) is 98.1 cm³/mol. The van der Waals surface area contributed by atoms with Gasteiger partial charge in [0.15, 0.2) is 0 Å². The lowest BCUT2D eigenvalue weighted by Crippen LogP contribution is -2.20. The third-order valence-corrected chi connectivity index (χ3v) is 4.91. The molecule has 0 aromatic heterocycles. The summed E-state index contributed by atoms with van der Waals surface area (Å²) in [5, 5.41) is 39.0. The summed E-state index contributed by atoms with van der Waals surface area (Å²) >= 11 is 0. The summed E-state index contributed by atoms with van der Waals surface area (Å²) in [4.78, 5) is 10.5. The fraction of sp³-hybridized carbons (Fsp3) is 0.750. The molecule has 0 aliphatic heterocycles. The van der Waals surface area contributed by atoms with Crippen molar-refractivity contribution in [2.45, 2.75) is 83.0 Å². The van der Waals surface area contributed by atoms with Crippen molar-refractivity contribution in [3.8, 4) is 0 Å². The molecule has 1 saturated carbocycles. The van der Waals surface area contributed by atoms with Crippen LogP contribution in [0, 0.1) is 11.8 Å². The first-order valence-corrected chi connectivity index (χ1v) is 9.55. The zero-order valence-electron chi connectivity index (χ0n) is 15.3. The molecule has 1 aliphatic rings. The molecule has 0 unspecified atom stereocenters. The van der Waals surface area contributed by atoms with Crippen LogP contribution in [0.4, 0.5) is 0 Å². The van der Waals surface area contributed by atoms with Crippen LogP contribution in [0.15, 0.2) is 24.3 Å². The zero-order valence-corrected chi connectivity index (χ0v) is 15.3. The summed E-state index contributed by atoms with van der Waals surface area (Å²) in [6, 6.07) is 0. The molecule has 5 heteroatoms. The lowest BCUT2D eigenvalue weighted by atomic mass is 9.89. The molecule has 5 nitrogen and oxygen atoms in total. The van der Waals surface area contributed by atoms with E-state index in [2.05, 4.69) is 6.92 Å². The largest absolute Gasteiger partial charge is 0.481 e. The fourth-order valence-electron chi connectivity index (χ4n) is 3.41. The molecule has 0 heterocycles. The van der Waals surface area contributed by atoms with Crippen molar-refractivity contribution in [2.24, 2.45) is 11.8 Å². The maximum Gasteiger partial charge on any atom is 0.303 e. The van der Waals surface area contributed by atoms with E-state index in [1.54, 1.807) is 6.08 Å². The summed E-state index contributed by atoms with van der Waals surface area (Å²) in [6.07, 6.45) is 12.3. The number of carbonyl (C=O) groups is 1. The molecule has 144 valence electrons. The van der Waals surface area contributed by atoms with E-state index >= 15 is 0 Å².